The van der Waals surface area contributed by atoms with Crippen LogP contribution in [0.4, 0.5) is 0 Å². The lowest BCUT2D eigenvalue weighted by Crippen LogP contribution is -2.12. The molecule has 5 nitrogen and oxygen atoms in total. The highest BCUT2D eigenvalue weighted by atomic mass is 32.2. The Morgan fingerprint density at radius 1 is 1.91 bits per heavy atom. The fourth-order valence-corrected chi connectivity index (χ4v) is 0.693. The van der Waals surface area contributed by atoms with Gasteiger partial charge >= 0.3 is 0 Å². The summed E-state index contributed by atoms with van der Waals surface area (Å²) in [5, 5.41) is 10.3. The SMILES string of the molecule is CCON/C(=C\[N+](=O)[O-])SC. The molecule has 0 unspecified atom stereocenters. The molecule has 0 heterocycles. The van der Waals surface area contributed by atoms with E-state index >= 15 is 0 Å². The molecule has 1 N–H and O–H groups in total. The van der Waals surface area contributed by atoms with Crippen molar-refractivity contribution in [2.75, 3.05) is 12.9 Å². The molecule has 0 rings (SSSR count). The molecule has 64 valence electrons. The van der Waals surface area contributed by atoms with Crippen molar-refractivity contribution in [1.82, 2.24) is 5.48 Å². The van der Waals surface area contributed by atoms with Gasteiger partial charge in [0.2, 0.25) is 0 Å². The van der Waals surface area contributed by atoms with Gasteiger partial charge in [0.15, 0.2) is 5.03 Å². The molecule has 11 heavy (non-hydrogen) atoms. The van der Waals surface area contributed by atoms with Crippen LogP contribution in [-0.2, 0) is 4.84 Å². The van der Waals surface area contributed by atoms with Crippen LogP contribution in [0.2, 0.25) is 0 Å². The van der Waals surface area contributed by atoms with Crippen molar-refractivity contribution in [3.63, 3.8) is 0 Å². The summed E-state index contributed by atoms with van der Waals surface area (Å²) in [4.78, 5) is 14.2. The van der Waals surface area contributed by atoms with Crippen LogP contribution >= 0.6 is 11.8 Å². The zero-order chi connectivity index (χ0) is 8.69. The number of nitro groups is 1. The normalized spacial score (nSPS) is 11.3. The van der Waals surface area contributed by atoms with E-state index in [4.69, 9.17) is 4.84 Å². The van der Waals surface area contributed by atoms with Crippen molar-refractivity contribution in [2.45, 2.75) is 6.92 Å². The molecule has 0 spiro atoms. The minimum atomic E-state index is -0.530. The molecule has 0 amide bonds. The second-order valence-corrected chi connectivity index (χ2v) is 2.37. The van der Waals surface area contributed by atoms with Crippen molar-refractivity contribution in [3.05, 3.63) is 21.3 Å². The molecule has 0 aromatic rings. The van der Waals surface area contributed by atoms with Crippen molar-refractivity contribution < 1.29 is 9.76 Å². The van der Waals surface area contributed by atoms with Crippen molar-refractivity contribution >= 4 is 11.8 Å². The molecule has 0 radical (unpaired) electrons. The van der Waals surface area contributed by atoms with Crippen LogP contribution in [0.25, 0.3) is 0 Å². The highest BCUT2D eigenvalue weighted by Crippen LogP contribution is 2.06. The molecule has 0 fully saturated rings. The molecule has 0 aliphatic heterocycles. The third-order valence-corrected chi connectivity index (χ3v) is 1.39. The maximum atomic E-state index is 9.95. The van der Waals surface area contributed by atoms with Gasteiger partial charge in [-0.3, -0.25) is 20.4 Å². The minimum absolute atomic E-state index is 0.386. The Bertz CT molecular complexity index is 160. The quantitative estimate of drug-likeness (QED) is 0.502. The lowest BCUT2D eigenvalue weighted by Gasteiger charge is -2.02. The number of hydrogen-bond acceptors (Lipinski definition) is 5. The zero-order valence-corrected chi connectivity index (χ0v) is 7.18. The molecule has 0 saturated heterocycles. The molecule has 0 atom stereocenters. The monoisotopic (exact) mass is 178 g/mol. The molecule has 0 saturated carbocycles. The lowest BCUT2D eigenvalue weighted by atomic mass is 10.9. The number of hydroxylamine groups is 1. The van der Waals surface area contributed by atoms with Gasteiger partial charge in [0.1, 0.15) is 0 Å². The number of thioether (sulfide) groups is 1. The van der Waals surface area contributed by atoms with Gasteiger partial charge in [-0.05, 0) is 13.2 Å². The molecule has 0 bridgehead atoms. The Balaban J connectivity index is 3.84. The maximum Gasteiger partial charge on any atom is 0.266 e. The van der Waals surface area contributed by atoms with E-state index in [0.717, 1.165) is 6.20 Å². The average molecular weight is 178 g/mol. The third-order valence-electron chi connectivity index (χ3n) is 0.760. The molecular weight excluding hydrogens is 168 g/mol. The van der Waals surface area contributed by atoms with Gasteiger partial charge in [0.05, 0.1) is 11.5 Å². The average Bonchev–Trinajstić information content (AvgIpc) is 1.97. The molecule has 6 heteroatoms. The molecular formula is C5H10N2O3S. The maximum absolute atomic E-state index is 9.95. The zero-order valence-electron chi connectivity index (χ0n) is 6.36. The van der Waals surface area contributed by atoms with Crippen molar-refractivity contribution in [1.29, 1.82) is 0 Å². The van der Waals surface area contributed by atoms with Crippen molar-refractivity contribution in [3.8, 4) is 0 Å². The van der Waals surface area contributed by atoms with Crippen LogP contribution in [0.5, 0.6) is 0 Å². The van der Waals surface area contributed by atoms with Crippen LogP contribution in [0.1, 0.15) is 6.92 Å². The summed E-state index contributed by atoms with van der Waals surface area (Å²) in [6.07, 6.45) is 2.58. The largest absolute Gasteiger partial charge is 0.276 e. The van der Waals surface area contributed by atoms with E-state index in [1.54, 1.807) is 13.2 Å². The third kappa shape index (κ3) is 5.68. The van der Waals surface area contributed by atoms with Crippen molar-refractivity contribution in [2.24, 2.45) is 0 Å². The lowest BCUT2D eigenvalue weighted by molar-refractivity contribution is -0.403. The first-order valence-electron chi connectivity index (χ1n) is 2.97. The van der Waals surface area contributed by atoms with E-state index in [0.29, 0.717) is 11.6 Å². The predicted octanol–water partition coefficient (Wildman–Crippen LogP) is 0.966. The summed E-state index contributed by atoms with van der Waals surface area (Å²) in [6, 6.07) is 0. The first kappa shape index (κ1) is 10.2. The minimum Gasteiger partial charge on any atom is -0.276 e. The van der Waals surface area contributed by atoms with Crippen LogP contribution < -0.4 is 5.48 Å². The summed E-state index contributed by atoms with van der Waals surface area (Å²) in [6.45, 7) is 2.26. The van der Waals surface area contributed by atoms with E-state index in [1.165, 1.54) is 11.8 Å². The van der Waals surface area contributed by atoms with E-state index < -0.39 is 4.92 Å². The smallest absolute Gasteiger partial charge is 0.266 e. The Labute approximate surface area is 68.9 Å². The highest BCUT2D eigenvalue weighted by molar-refractivity contribution is 8.02. The first-order valence-corrected chi connectivity index (χ1v) is 4.20. The van der Waals surface area contributed by atoms with Gasteiger partial charge in [-0.15, -0.1) is 11.8 Å². The summed E-state index contributed by atoms with van der Waals surface area (Å²) < 4.78 is 0. The van der Waals surface area contributed by atoms with Gasteiger partial charge < -0.3 is 0 Å². The fourth-order valence-electron chi connectivity index (χ4n) is 0.360. The van der Waals surface area contributed by atoms with Gasteiger partial charge in [-0.2, -0.15) is 0 Å². The Morgan fingerprint density at radius 3 is 2.91 bits per heavy atom. The second kappa shape index (κ2) is 5.99. The van der Waals surface area contributed by atoms with Gasteiger partial charge in [-0.1, -0.05) is 0 Å². The van der Waals surface area contributed by atoms with Crippen LogP contribution in [0.15, 0.2) is 11.2 Å². The Hall–Kier alpha value is -0.750. The number of rotatable bonds is 5. The molecule has 0 aromatic carbocycles. The standard InChI is InChI=1S/C5H10N2O3S/c1-3-10-6-5(11-2)4-7(8)9/h4,6H,3H2,1-2H3/b5-4+. The Kier molecular flexibility index (Phi) is 5.58. The van der Waals surface area contributed by atoms with E-state index in [-0.39, 0.29) is 0 Å². The summed E-state index contributed by atoms with van der Waals surface area (Å²) in [5.41, 5.74) is 2.43. The second-order valence-electron chi connectivity index (χ2n) is 1.52. The highest BCUT2D eigenvalue weighted by Gasteiger charge is 1.98. The summed E-state index contributed by atoms with van der Waals surface area (Å²) in [5.74, 6) is 0. The van der Waals surface area contributed by atoms with Crippen LogP contribution in [-0.4, -0.2) is 17.8 Å². The fraction of sp³-hybridized carbons (Fsp3) is 0.600. The van der Waals surface area contributed by atoms with Crippen LogP contribution in [0.3, 0.4) is 0 Å². The van der Waals surface area contributed by atoms with E-state index in [9.17, 15) is 10.1 Å². The van der Waals surface area contributed by atoms with E-state index in [1.807, 2.05) is 0 Å². The molecule has 0 aliphatic rings. The topological polar surface area (TPSA) is 64.4 Å². The van der Waals surface area contributed by atoms with Gasteiger partial charge in [0, 0.05) is 0 Å². The first-order chi connectivity index (χ1) is 5.20. The number of nitrogens with one attached hydrogen (secondary N) is 1. The number of nitrogens with zero attached hydrogens (tertiary/aromatic N) is 1. The summed E-state index contributed by atoms with van der Waals surface area (Å²) >= 11 is 1.22. The van der Waals surface area contributed by atoms with Gasteiger partial charge in [-0.25, -0.2) is 0 Å². The molecule has 0 aromatic heterocycles. The molecule has 0 aliphatic carbocycles. The van der Waals surface area contributed by atoms with Gasteiger partial charge in [0.25, 0.3) is 6.20 Å². The van der Waals surface area contributed by atoms with E-state index in [2.05, 4.69) is 5.48 Å². The Morgan fingerprint density at radius 2 is 2.55 bits per heavy atom. The predicted molar refractivity (Wildman–Crippen MR) is 43.4 cm³/mol. The summed E-state index contributed by atoms with van der Waals surface area (Å²) in [7, 11) is 0. The van der Waals surface area contributed by atoms with Crippen LogP contribution in [0, 0.1) is 10.1 Å². The number of hydrogen-bond donors (Lipinski definition) is 1.